The summed E-state index contributed by atoms with van der Waals surface area (Å²) >= 11 is 0. The molecule has 1 N–H and O–H groups in total. The lowest BCUT2D eigenvalue weighted by atomic mass is 9.73. The van der Waals surface area contributed by atoms with Crippen LogP contribution < -0.4 is 5.32 Å². The first kappa shape index (κ1) is 23.7. The molecule has 3 heterocycles. The zero-order valence-corrected chi connectivity index (χ0v) is 21.8. The number of hydrogen-bond donors (Lipinski definition) is 1. The Morgan fingerprint density at radius 2 is 1.87 bits per heavy atom. The van der Waals surface area contributed by atoms with Gasteiger partial charge in [-0.15, -0.1) is 0 Å². The highest BCUT2D eigenvalue weighted by atomic mass is 16.5. The van der Waals surface area contributed by atoms with Crippen molar-refractivity contribution in [1.29, 1.82) is 0 Å². The lowest BCUT2D eigenvalue weighted by Crippen LogP contribution is -2.45. The van der Waals surface area contributed by atoms with Gasteiger partial charge < -0.3 is 19.5 Å². The lowest BCUT2D eigenvalue weighted by Gasteiger charge is -2.40. The van der Waals surface area contributed by atoms with E-state index >= 15 is 0 Å². The molecule has 0 radical (unpaired) electrons. The number of benzene rings is 2. The molecular formula is C31H34N4O3. The molecule has 4 aliphatic rings. The van der Waals surface area contributed by atoms with Crippen LogP contribution in [0.1, 0.15) is 42.7 Å². The molecule has 1 spiro atoms. The largest absolute Gasteiger partial charge is 0.381 e. The summed E-state index contributed by atoms with van der Waals surface area (Å²) in [5.74, 6) is 2.54. The van der Waals surface area contributed by atoms with Gasteiger partial charge in [-0.2, -0.15) is 0 Å². The minimum atomic E-state index is 0.0361. The Morgan fingerprint density at radius 3 is 2.63 bits per heavy atom. The van der Waals surface area contributed by atoms with E-state index in [4.69, 9.17) is 4.74 Å². The number of carbonyl (C=O) groups excluding carboxylic acids is 2. The van der Waals surface area contributed by atoms with Gasteiger partial charge >= 0.3 is 0 Å². The zero-order chi connectivity index (χ0) is 25.9. The molecule has 1 saturated carbocycles. The maximum atomic E-state index is 13.2. The molecule has 0 bridgehead atoms. The summed E-state index contributed by atoms with van der Waals surface area (Å²) < 4.78 is 7.46. The zero-order valence-electron chi connectivity index (χ0n) is 21.8. The van der Waals surface area contributed by atoms with Gasteiger partial charge in [0.15, 0.2) is 0 Å². The molecule has 3 fully saturated rings. The second kappa shape index (κ2) is 9.09. The summed E-state index contributed by atoms with van der Waals surface area (Å²) in [6.07, 6.45) is 7.06. The van der Waals surface area contributed by atoms with Gasteiger partial charge in [-0.1, -0.05) is 36.4 Å². The van der Waals surface area contributed by atoms with Crippen molar-refractivity contribution in [2.24, 2.45) is 24.8 Å². The molecule has 2 saturated heterocycles. The van der Waals surface area contributed by atoms with E-state index in [2.05, 4.69) is 39.5 Å². The summed E-state index contributed by atoms with van der Waals surface area (Å²) in [6.45, 7) is 3.12. The first-order chi connectivity index (χ1) is 18.5. The van der Waals surface area contributed by atoms with Crippen molar-refractivity contribution < 1.29 is 14.3 Å². The van der Waals surface area contributed by atoms with Crippen LogP contribution in [-0.4, -0.2) is 52.6 Å². The average Bonchev–Trinajstić information content (AvgIpc) is 3.26. The number of nitrogens with one attached hydrogen (secondary N) is 1. The standard InChI is InChI=1S/C31H34N4O3/c1-34-14-11-32-29(34)20-5-4-6-22(15-20)33-27(36)16-21-17-31(26-8-3-2-7-23(21)26)9-12-35(13-10-31)30(37)28-24-18-38-19-25(24)28/h2-8,11,14-15,21,24-25,28H,9-10,12-13,16-19H2,1H3,(H,33,36)/t21?,24-,25+,28?. The monoisotopic (exact) mass is 510 g/mol. The number of anilines is 1. The van der Waals surface area contributed by atoms with Gasteiger partial charge in [-0.25, -0.2) is 4.98 Å². The van der Waals surface area contributed by atoms with Gasteiger partial charge in [0.25, 0.3) is 0 Å². The number of imidazole rings is 1. The van der Waals surface area contributed by atoms with E-state index < -0.39 is 0 Å². The molecule has 2 unspecified atom stereocenters. The second-order valence-electron chi connectivity index (χ2n) is 11.7. The lowest BCUT2D eigenvalue weighted by molar-refractivity contribution is -0.135. The number of aryl methyl sites for hydroxylation is 1. The fraction of sp³-hybridized carbons (Fsp3) is 0.452. The highest BCUT2D eigenvalue weighted by molar-refractivity contribution is 5.92. The molecule has 3 aromatic rings. The number of piperidine rings is 1. The Morgan fingerprint density at radius 1 is 1.08 bits per heavy atom. The van der Waals surface area contributed by atoms with Crippen molar-refractivity contribution in [3.63, 3.8) is 0 Å². The highest BCUT2D eigenvalue weighted by Gasteiger charge is 2.59. The Bertz CT molecular complexity index is 1380. The third-order valence-electron chi connectivity index (χ3n) is 9.54. The van der Waals surface area contributed by atoms with Gasteiger partial charge in [-0.3, -0.25) is 9.59 Å². The topological polar surface area (TPSA) is 76.5 Å². The number of hydrogen-bond acceptors (Lipinski definition) is 4. The van der Waals surface area contributed by atoms with Gasteiger partial charge in [0, 0.05) is 56.1 Å². The number of aromatic nitrogens is 2. The Labute approximate surface area is 223 Å². The molecule has 2 amide bonds. The van der Waals surface area contributed by atoms with Crippen LogP contribution >= 0.6 is 0 Å². The van der Waals surface area contributed by atoms with E-state index in [-0.39, 0.29) is 23.2 Å². The molecule has 4 atom stereocenters. The van der Waals surface area contributed by atoms with E-state index in [0.717, 1.165) is 62.6 Å². The van der Waals surface area contributed by atoms with E-state index in [9.17, 15) is 9.59 Å². The SMILES string of the molecule is Cn1ccnc1-c1cccc(NC(=O)CC2CC3(CCN(C(=O)C4[C@H]5COC[C@@H]45)CC3)c3ccccc32)c1. The van der Waals surface area contributed by atoms with Crippen molar-refractivity contribution >= 4 is 17.5 Å². The molecular weight excluding hydrogens is 476 g/mol. The van der Waals surface area contributed by atoms with Crippen molar-refractivity contribution in [2.45, 2.75) is 37.0 Å². The quantitative estimate of drug-likeness (QED) is 0.554. The van der Waals surface area contributed by atoms with Gasteiger partial charge in [-0.05, 0) is 65.7 Å². The number of fused-ring (bicyclic) bond motifs is 3. The molecule has 196 valence electrons. The molecule has 7 heteroatoms. The number of ether oxygens (including phenoxy) is 1. The molecule has 38 heavy (non-hydrogen) atoms. The first-order valence-electron chi connectivity index (χ1n) is 13.9. The molecule has 2 aliphatic heterocycles. The second-order valence-corrected chi connectivity index (χ2v) is 11.7. The van der Waals surface area contributed by atoms with Gasteiger partial charge in [0.1, 0.15) is 5.82 Å². The molecule has 2 aromatic carbocycles. The number of nitrogens with zero attached hydrogens (tertiary/aromatic N) is 3. The fourth-order valence-corrected chi connectivity index (χ4v) is 7.47. The predicted octanol–water partition coefficient (Wildman–Crippen LogP) is 4.36. The number of carbonyl (C=O) groups is 2. The summed E-state index contributed by atoms with van der Waals surface area (Å²) in [4.78, 5) is 32.9. The average molecular weight is 511 g/mol. The maximum absolute atomic E-state index is 13.2. The van der Waals surface area contributed by atoms with Crippen molar-refractivity contribution in [3.8, 4) is 11.4 Å². The van der Waals surface area contributed by atoms with E-state index in [1.165, 1.54) is 11.1 Å². The fourth-order valence-electron chi connectivity index (χ4n) is 7.47. The van der Waals surface area contributed by atoms with E-state index in [0.29, 0.717) is 24.2 Å². The smallest absolute Gasteiger partial charge is 0.226 e. The summed E-state index contributed by atoms with van der Waals surface area (Å²) in [7, 11) is 1.97. The van der Waals surface area contributed by atoms with Crippen LogP contribution in [0.5, 0.6) is 0 Å². The third kappa shape index (κ3) is 3.95. The normalized spacial score (nSPS) is 26.7. The summed E-state index contributed by atoms with van der Waals surface area (Å²) in [5.41, 5.74) is 4.51. The van der Waals surface area contributed by atoms with Crippen LogP contribution in [0.15, 0.2) is 60.9 Å². The van der Waals surface area contributed by atoms with Crippen LogP contribution in [0.4, 0.5) is 5.69 Å². The van der Waals surface area contributed by atoms with Crippen molar-refractivity contribution in [1.82, 2.24) is 14.5 Å². The molecule has 7 nitrogen and oxygen atoms in total. The van der Waals surface area contributed by atoms with Gasteiger partial charge in [0.2, 0.25) is 11.8 Å². The van der Waals surface area contributed by atoms with Crippen molar-refractivity contribution in [2.75, 3.05) is 31.6 Å². The van der Waals surface area contributed by atoms with Gasteiger partial charge in [0.05, 0.1) is 13.2 Å². The Kier molecular flexibility index (Phi) is 5.65. The summed E-state index contributed by atoms with van der Waals surface area (Å²) in [5, 5.41) is 3.13. The first-order valence-corrected chi connectivity index (χ1v) is 13.9. The van der Waals surface area contributed by atoms with Crippen LogP contribution in [0.2, 0.25) is 0 Å². The molecule has 7 rings (SSSR count). The van der Waals surface area contributed by atoms with E-state index in [1.54, 1.807) is 6.20 Å². The molecule has 1 aromatic heterocycles. The predicted molar refractivity (Wildman–Crippen MR) is 144 cm³/mol. The van der Waals surface area contributed by atoms with Crippen LogP contribution in [0.25, 0.3) is 11.4 Å². The minimum Gasteiger partial charge on any atom is -0.381 e. The third-order valence-corrected chi connectivity index (χ3v) is 9.54. The number of rotatable bonds is 5. The maximum Gasteiger partial charge on any atom is 0.226 e. The highest BCUT2D eigenvalue weighted by Crippen LogP contribution is 2.55. The summed E-state index contributed by atoms with van der Waals surface area (Å²) in [6, 6.07) is 16.5. The Balaban J connectivity index is 1.03. The number of amides is 2. The van der Waals surface area contributed by atoms with Crippen LogP contribution in [0, 0.1) is 17.8 Å². The minimum absolute atomic E-state index is 0.0361. The van der Waals surface area contributed by atoms with Crippen molar-refractivity contribution in [3.05, 3.63) is 72.1 Å². The van der Waals surface area contributed by atoms with E-state index in [1.807, 2.05) is 42.1 Å². The van der Waals surface area contributed by atoms with Crippen LogP contribution in [0.3, 0.4) is 0 Å². The van der Waals surface area contributed by atoms with Crippen LogP contribution in [-0.2, 0) is 26.8 Å². The molecule has 2 aliphatic carbocycles. The number of likely N-dealkylation sites (tertiary alicyclic amines) is 1. The Hall–Kier alpha value is -3.45.